The molecule has 144 valence electrons. The van der Waals surface area contributed by atoms with Crippen LogP contribution in [0.3, 0.4) is 0 Å². The monoisotopic (exact) mass is 402 g/mol. The number of hydrazine groups is 1. The lowest BCUT2D eigenvalue weighted by molar-refractivity contribution is 0.0945. The first-order chi connectivity index (χ1) is 13.4. The molecule has 1 aliphatic heterocycles. The zero-order chi connectivity index (χ0) is 19.9. The van der Waals surface area contributed by atoms with E-state index in [9.17, 15) is 22.4 Å². The molecule has 2 aromatic carbocycles. The van der Waals surface area contributed by atoms with Crippen LogP contribution in [0.5, 0.6) is 0 Å². The van der Waals surface area contributed by atoms with E-state index in [4.69, 9.17) is 0 Å². The fraction of sp³-hybridized carbons (Fsp3) is 0.167. The van der Waals surface area contributed by atoms with Crippen LogP contribution in [-0.4, -0.2) is 23.9 Å². The predicted molar refractivity (Wildman–Crippen MR) is 98.5 cm³/mol. The molecule has 0 radical (unpaired) electrons. The van der Waals surface area contributed by atoms with E-state index in [0.717, 1.165) is 18.6 Å². The van der Waals surface area contributed by atoms with E-state index in [1.807, 2.05) is 10.3 Å². The lowest BCUT2D eigenvalue weighted by Gasteiger charge is -2.10. The van der Waals surface area contributed by atoms with Crippen LogP contribution in [0, 0.1) is 5.82 Å². The summed E-state index contributed by atoms with van der Waals surface area (Å²) in [6, 6.07) is 9.11. The average molecular weight is 402 g/mol. The summed E-state index contributed by atoms with van der Waals surface area (Å²) in [5.74, 6) is -1.03. The van der Waals surface area contributed by atoms with E-state index in [-0.39, 0.29) is 11.1 Å². The van der Waals surface area contributed by atoms with Gasteiger partial charge in [0.15, 0.2) is 0 Å². The van der Waals surface area contributed by atoms with E-state index in [0.29, 0.717) is 29.7 Å². The summed E-state index contributed by atoms with van der Waals surface area (Å²) in [4.78, 5) is 30.5. The van der Waals surface area contributed by atoms with Crippen LogP contribution in [0.1, 0.15) is 22.6 Å². The second kappa shape index (κ2) is 6.80. The van der Waals surface area contributed by atoms with E-state index in [1.165, 1.54) is 30.3 Å². The normalized spacial score (nSPS) is 13.5. The van der Waals surface area contributed by atoms with Gasteiger partial charge in [-0.2, -0.15) is 0 Å². The second-order valence-corrected chi connectivity index (χ2v) is 7.96. The third-order valence-electron chi connectivity index (χ3n) is 4.50. The Morgan fingerprint density at radius 1 is 1.18 bits per heavy atom. The van der Waals surface area contributed by atoms with Crippen molar-refractivity contribution in [2.75, 3.05) is 0 Å². The van der Waals surface area contributed by atoms with E-state index in [2.05, 4.69) is 4.98 Å². The van der Waals surface area contributed by atoms with Crippen molar-refractivity contribution in [3.63, 3.8) is 0 Å². The molecular weight excluding hydrogens is 387 g/mol. The maximum absolute atomic E-state index is 13.7. The molecule has 4 rings (SSSR count). The molecule has 0 bridgehead atoms. The highest BCUT2D eigenvalue weighted by Gasteiger charge is 2.20. The van der Waals surface area contributed by atoms with E-state index >= 15 is 0 Å². The molecule has 0 aliphatic carbocycles. The van der Waals surface area contributed by atoms with Gasteiger partial charge in [0.25, 0.3) is 21.5 Å². The number of nitrogens with zero attached hydrogens (tertiary/aromatic N) is 2. The van der Waals surface area contributed by atoms with Gasteiger partial charge >= 0.3 is 0 Å². The smallest absolute Gasteiger partial charge is 0.266 e. The molecule has 2 heterocycles. The molecule has 3 aromatic rings. The topological polar surface area (TPSA) is 110 Å². The Bertz CT molecular complexity index is 1270. The van der Waals surface area contributed by atoms with Gasteiger partial charge in [-0.15, -0.1) is 4.83 Å². The molecule has 1 aromatic heterocycles. The van der Waals surface area contributed by atoms with Crippen molar-refractivity contribution in [2.24, 2.45) is 0 Å². The Kier molecular flexibility index (Phi) is 4.44. The van der Waals surface area contributed by atoms with E-state index < -0.39 is 26.6 Å². The quantitative estimate of drug-likeness (QED) is 0.635. The third-order valence-corrected chi connectivity index (χ3v) is 5.78. The minimum absolute atomic E-state index is 0.110. The number of amides is 1. The van der Waals surface area contributed by atoms with Crippen LogP contribution in [0.15, 0.2) is 52.2 Å². The molecule has 8 nitrogen and oxygen atoms in total. The van der Waals surface area contributed by atoms with E-state index in [1.54, 1.807) is 4.57 Å². The van der Waals surface area contributed by atoms with Crippen molar-refractivity contribution < 1.29 is 17.6 Å². The maximum atomic E-state index is 13.7. The highest BCUT2D eigenvalue weighted by atomic mass is 32.2. The number of fused-ring (bicyclic) bond motifs is 2. The minimum Gasteiger partial charge on any atom is -0.296 e. The maximum Gasteiger partial charge on any atom is 0.266 e. The van der Waals surface area contributed by atoms with Crippen molar-refractivity contribution in [2.45, 2.75) is 24.3 Å². The van der Waals surface area contributed by atoms with Gasteiger partial charge in [0.05, 0.1) is 10.9 Å². The second-order valence-electron chi connectivity index (χ2n) is 6.31. The van der Waals surface area contributed by atoms with Crippen molar-refractivity contribution in [3.05, 3.63) is 70.0 Å². The fourth-order valence-electron chi connectivity index (χ4n) is 3.13. The first-order valence-corrected chi connectivity index (χ1v) is 9.95. The largest absolute Gasteiger partial charge is 0.296 e. The molecule has 10 heteroatoms. The van der Waals surface area contributed by atoms with Crippen LogP contribution < -0.4 is 15.8 Å². The lowest BCUT2D eigenvalue weighted by atomic mass is 10.1. The van der Waals surface area contributed by atoms with Gasteiger partial charge in [-0.25, -0.2) is 17.8 Å². The number of sulfonamides is 1. The SMILES string of the molecule is O=C(NNS(=O)(=O)c1ccccc1F)c1ccc2c(=O)n3c(nc2c1)CCC3. The first kappa shape index (κ1) is 18.3. The van der Waals surface area contributed by atoms with Crippen molar-refractivity contribution in [1.29, 1.82) is 0 Å². The molecular formula is C18H15FN4O4S. The summed E-state index contributed by atoms with van der Waals surface area (Å²) in [6.07, 6.45) is 1.52. The minimum atomic E-state index is -4.28. The number of carbonyl (C=O) groups is 1. The lowest BCUT2D eigenvalue weighted by Crippen LogP contribution is -2.41. The zero-order valence-corrected chi connectivity index (χ0v) is 15.3. The highest BCUT2D eigenvalue weighted by Crippen LogP contribution is 2.16. The Balaban J connectivity index is 1.59. The predicted octanol–water partition coefficient (Wildman–Crippen LogP) is 1.11. The highest BCUT2D eigenvalue weighted by molar-refractivity contribution is 7.89. The van der Waals surface area contributed by atoms with Crippen LogP contribution in [-0.2, 0) is 23.0 Å². The van der Waals surface area contributed by atoms with Gasteiger partial charge in [0.1, 0.15) is 16.5 Å². The number of hydrogen-bond donors (Lipinski definition) is 2. The van der Waals surface area contributed by atoms with Gasteiger partial charge in [0, 0.05) is 18.5 Å². The van der Waals surface area contributed by atoms with Gasteiger partial charge in [-0.3, -0.25) is 19.6 Å². The standard InChI is InChI=1S/C18H15FN4O4S/c19-13-4-1-2-5-15(13)28(26,27)22-21-17(24)11-7-8-12-14(10-11)20-16-6-3-9-23(16)18(12)25/h1-2,4-5,7-8,10,22H,3,6,9H2,(H,21,24). The summed E-state index contributed by atoms with van der Waals surface area (Å²) >= 11 is 0. The van der Waals surface area contributed by atoms with Gasteiger partial charge in [0.2, 0.25) is 0 Å². The summed E-state index contributed by atoms with van der Waals surface area (Å²) in [6.45, 7) is 0.622. The summed E-state index contributed by atoms with van der Waals surface area (Å²) in [5, 5.41) is 0.383. The molecule has 0 saturated carbocycles. The Hall–Kier alpha value is -3.11. The number of benzene rings is 2. The molecule has 0 spiro atoms. The van der Waals surface area contributed by atoms with Crippen molar-refractivity contribution in [3.8, 4) is 0 Å². The summed E-state index contributed by atoms with van der Waals surface area (Å²) in [5.41, 5.74) is 2.35. The number of halogens is 1. The van der Waals surface area contributed by atoms with Crippen LogP contribution in [0.2, 0.25) is 0 Å². The molecule has 0 saturated heterocycles. The Morgan fingerprint density at radius 2 is 1.96 bits per heavy atom. The number of carbonyl (C=O) groups excluding carboxylic acids is 1. The number of hydrogen-bond acceptors (Lipinski definition) is 5. The van der Waals surface area contributed by atoms with Crippen LogP contribution in [0.4, 0.5) is 4.39 Å². The molecule has 0 atom stereocenters. The number of aryl methyl sites for hydroxylation is 1. The van der Waals surface area contributed by atoms with Crippen molar-refractivity contribution in [1.82, 2.24) is 19.8 Å². The molecule has 0 fully saturated rings. The molecule has 2 N–H and O–H groups in total. The average Bonchev–Trinajstić information content (AvgIpc) is 3.15. The molecule has 28 heavy (non-hydrogen) atoms. The first-order valence-electron chi connectivity index (χ1n) is 8.47. The summed E-state index contributed by atoms with van der Waals surface area (Å²) < 4.78 is 39.6. The number of rotatable bonds is 4. The molecule has 1 aliphatic rings. The zero-order valence-electron chi connectivity index (χ0n) is 14.5. The Labute approximate surface area is 159 Å². The number of aromatic nitrogens is 2. The number of nitrogens with one attached hydrogen (secondary N) is 2. The van der Waals surface area contributed by atoms with Gasteiger partial charge in [-0.1, -0.05) is 12.1 Å². The molecule has 1 amide bonds. The van der Waals surface area contributed by atoms with Crippen molar-refractivity contribution >= 4 is 26.8 Å². The third kappa shape index (κ3) is 3.16. The van der Waals surface area contributed by atoms with Crippen LogP contribution in [0.25, 0.3) is 10.9 Å². The summed E-state index contributed by atoms with van der Waals surface area (Å²) in [7, 11) is -4.28. The Morgan fingerprint density at radius 3 is 2.75 bits per heavy atom. The fourth-order valence-corrected chi connectivity index (χ4v) is 4.05. The molecule has 0 unspecified atom stereocenters. The van der Waals surface area contributed by atoms with Gasteiger partial charge in [-0.05, 0) is 36.8 Å². The van der Waals surface area contributed by atoms with Crippen LogP contribution >= 0.6 is 0 Å². The van der Waals surface area contributed by atoms with Gasteiger partial charge < -0.3 is 0 Å².